The van der Waals surface area contributed by atoms with E-state index in [0.29, 0.717) is 5.69 Å². The molecule has 1 aliphatic rings. The second kappa shape index (κ2) is 8.23. The Morgan fingerprint density at radius 2 is 1.83 bits per heavy atom. The van der Waals surface area contributed by atoms with E-state index in [9.17, 15) is 14.4 Å². The molecule has 7 nitrogen and oxygen atoms in total. The van der Waals surface area contributed by atoms with Crippen LogP contribution < -0.4 is 10.9 Å². The number of amides is 2. The van der Waals surface area contributed by atoms with Gasteiger partial charge in [-0.1, -0.05) is 19.3 Å². The van der Waals surface area contributed by atoms with Crippen molar-refractivity contribution in [2.45, 2.75) is 58.3 Å². The summed E-state index contributed by atoms with van der Waals surface area (Å²) in [6, 6.07) is 0. The first-order chi connectivity index (χ1) is 11.4. The van der Waals surface area contributed by atoms with Crippen molar-refractivity contribution in [3.8, 4) is 0 Å². The fourth-order valence-electron chi connectivity index (χ4n) is 3.26. The second-order valence-corrected chi connectivity index (χ2v) is 7.50. The summed E-state index contributed by atoms with van der Waals surface area (Å²) in [5.41, 5.74) is 4.95. The monoisotopic (exact) mass is 353 g/mol. The molecule has 1 fully saturated rings. The molecule has 0 aliphatic heterocycles. The molecule has 0 atom stereocenters. The van der Waals surface area contributed by atoms with Crippen LogP contribution in [0.15, 0.2) is 5.38 Å². The molecule has 1 saturated carbocycles. The molecule has 132 valence electrons. The molecule has 1 heterocycles. The molecule has 0 unspecified atom stereocenters. The Labute approximate surface area is 144 Å². The molecular formula is C16H23N3O4S. The van der Waals surface area contributed by atoms with Crippen LogP contribution in [0.5, 0.6) is 0 Å². The number of nitrogens with zero attached hydrogens (tertiary/aromatic N) is 1. The highest BCUT2D eigenvalue weighted by Gasteiger charge is 2.36. The third kappa shape index (κ3) is 5.59. The van der Waals surface area contributed by atoms with Crippen molar-refractivity contribution >= 4 is 29.1 Å². The van der Waals surface area contributed by atoms with E-state index in [-0.39, 0.29) is 31.1 Å². The number of hydrogen-bond donors (Lipinski definition) is 3. The van der Waals surface area contributed by atoms with E-state index in [0.717, 1.165) is 37.1 Å². The number of carbonyl (C=O) groups excluding carboxylic acids is 2. The Hall–Kier alpha value is -1.96. The van der Waals surface area contributed by atoms with Gasteiger partial charge in [-0.2, -0.15) is 0 Å². The first-order valence-corrected chi connectivity index (χ1v) is 8.97. The average molecular weight is 353 g/mol. The van der Waals surface area contributed by atoms with Crippen molar-refractivity contribution < 1.29 is 19.5 Å². The first kappa shape index (κ1) is 18.4. The van der Waals surface area contributed by atoms with Crippen LogP contribution >= 0.6 is 11.3 Å². The van der Waals surface area contributed by atoms with E-state index in [1.807, 2.05) is 6.92 Å². The minimum absolute atomic E-state index is 0.00747. The lowest BCUT2D eigenvalue weighted by molar-refractivity contribution is -0.141. The van der Waals surface area contributed by atoms with Crippen LogP contribution in [0.2, 0.25) is 0 Å². The molecule has 3 N–H and O–H groups in total. The minimum atomic E-state index is -0.882. The molecule has 0 saturated heterocycles. The normalized spacial score (nSPS) is 16.4. The largest absolute Gasteiger partial charge is 0.481 e. The van der Waals surface area contributed by atoms with Gasteiger partial charge in [-0.3, -0.25) is 25.2 Å². The van der Waals surface area contributed by atoms with Gasteiger partial charge in [0.05, 0.1) is 23.5 Å². The van der Waals surface area contributed by atoms with Gasteiger partial charge in [-0.25, -0.2) is 4.98 Å². The van der Waals surface area contributed by atoms with Gasteiger partial charge in [-0.05, 0) is 25.2 Å². The predicted molar refractivity (Wildman–Crippen MR) is 89.2 cm³/mol. The number of carboxylic acids is 1. The maximum atomic E-state index is 12.1. The Balaban J connectivity index is 1.82. The van der Waals surface area contributed by atoms with E-state index in [4.69, 9.17) is 5.11 Å². The predicted octanol–water partition coefficient (Wildman–Crippen LogP) is 1.96. The summed E-state index contributed by atoms with van der Waals surface area (Å²) in [7, 11) is 0. The summed E-state index contributed by atoms with van der Waals surface area (Å²) in [6.07, 6.45) is 4.64. The maximum absolute atomic E-state index is 12.1. The van der Waals surface area contributed by atoms with E-state index in [2.05, 4.69) is 15.8 Å². The molecule has 2 amide bonds. The van der Waals surface area contributed by atoms with Crippen LogP contribution in [0, 0.1) is 12.3 Å². The third-order valence-electron chi connectivity index (χ3n) is 4.33. The zero-order valence-corrected chi connectivity index (χ0v) is 14.6. The Morgan fingerprint density at radius 3 is 2.42 bits per heavy atom. The lowest BCUT2D eigenvalue weighted by Gasteiger charge is -2.35. The van der Waals surface area contributed by atoms with E-state index in [1.54, 1.807) is 5.38 Å². The van der Waals surface area contributed by atoms with Gasteiger partial charge in [-0.15, -0.1) is 11.3 Å². The van der Waals surface area contributed by atoms with Crippen LogP contribution in [0.1, 0.15) is 55.6 Å². The number of carbonyl (C=O) groups is 3. The molecule has 0 aromatic carbocycles. The highest BCUT2D eigenvalue weighted by atomic mass is 32.1. The summed E-state index contributed by atoms with van der Waals surface area (Å²) in [5.74, 6) is -1.57. The summed E-state index contributed by atoms with van der Waals surface area (Å²) in [6.45, 7) is 1.86. The number of aromatic nitrogens is 1. The van der Waals surface area contributed by atoms with E-state index >= 15 is 0 Å². The molecule has 1 aromatic heterocycles. The van der Waals surface area contributed by atoms with Crippen molar-refractivity contribution in [3.63, 3.8) is 0 Å². The Bertz CT molecular complexity index is 608. The van der Waals surface area contributed by atoms with Crippen molar-refractivity contribution in [3.05, 3.63) is 16.1 Å². The number of aliphatic carboxylic acids is 1. The highest BCUT2D eigenvalue weighted by molar-refractivity contribution is 7.09. The molecule has 0 spiro atoms. The maximum Gasteiger partial charge on any atom is 0.303 e. The molecule has 8 heteroatoms. The number of nitrogens with one attached hydrogen (secondary N) is 2. The summed E-state index contributed by atoms with van der Waals surface area (Å²) in [5, 5.41) is 11.8. The molecule has 0 bridgehead atoms. The van der Waals surface area contributed by atoms with Crippen molar-refractivity contribution in [2.75, 3.05) is 0 Å². The van der Waals surface area contributed by atoms with Gasteiger partial charge in [0, 0.05) is 11.8 Å². The lowest BCUT2D eigenvalue weighted by Crippen LogP contribution is -2.45. The number of rotatable bonds is 6. The topological polar surface area (TPSA) is 108 Å². The molecule has 1 aliphatic carbocycles. The highest BCUT2D eigenvalue weighted by Crippen LogP contribution is 2.42. The first-order valence-electron chi connectivity index (χ1n) is 8.09. The van der Waals surface area contributed by atoms with Gasteiger partial charge in [0.15, 0.2) is 0 Å². The van der Waals surface area contributed by atoms with Crippen LogP contribution in [0.4, 0.5) is 0 Å². The number of carboxylic acid groups (broad SMARTS) is 1. The van der Waals surface area contributed by atoms with E-state index < -0.39 is 11.4 Å². The zero-order chi connectivity index (χ0) is 17.6. The van der Waals surface area contributed by atoms with E-state index in [1.165, 1.54) is 11.3 Å². The van der Waals surface area contributed by atoms with Gasteiger partial charge >= 0.3 is 5.97 Å². The van der Waals surface area contributed by atoms with Crippen molar-refractivity contribution in [2.24, 2.45) is 5.41 Å². The van der Waals surface area contributed by atoms with Gasteiger partial charge in [0.25, 0.3) is 0 Å². The molecule has 24 heavy (non-hydrogen) atoms. The zero-order valence-electron chi connectivity index (χ0n) is 13.8. The van der Waals surface area contributed by atoms with Gasteiger partial charge in [0.2, 0.25) is 11.8 Å². The average Bonchev–Trinajstić information content (AvgIpc) is 2.90. The fraction of sp³-hybridized carbons (Fsp3) is 0.625. The fourth-order valence-corrected chi connectivity index (χ4v) is 3.87. The molecule has 2 rings (SSSR count). The minimum Gasteiger partial charge on any atom is -0.481 e. The van der Waals surface area contributed by atoms with Crippen LogP contribution in [0.25, 0.3) is 0 Å². The SMILES string of the molecule is Cc1nc(CC(=O)NNC(=O)CC2(CC(=O)O)CCCCC2)cs1. The van der Waals surface area contributed by atoms with Gasteiger partial charge in [0.1, 0.15) is 0 Å². The standard InChI is InChI=1S/C16H23N3O4S/c1-11-17-12(10-24-11)7-13(20)18-19-14(21)8-16(9-15(22)23)5-3-2-4-6-16/h10H,2-9H2,1H3,(H,18,20)(H,19,21)(H,22,23). The van der Waals surface area contributed by atoms with Crippen LogP contribution in [-0.2, 0) is 20.8 Å². The Kier molecular flexibility index (Phi) is 6.30. The van der Waals surface area contributed by atoms with Gasteiger partial charge < -0.3 is 5.11 Å². The summed E-state index contributed by atoms with van der Waals surface area (Å²) < 4.78 is 0. The molecule has 0 radical (unpaired) electrons. The van der Waals surface area contributed by atoms with Crippen LogP contribution in [0.3, 0.4) is 0 Å². The Morgan fingerprint density at radius 1 is 1.17 bits per heavy atom. The molecular weight excluding hydrogens is 330 g/mol. The number of thiazole rings is 1. The second-order valence-electron chi connectivity index (χ2n) is 6.44. The number of hydrogen-bond acceptors (Lipinski definition) is 5. The smallest absolute Gasteiger partial charge is 0.303 e. The van der Waals surface area contributed by atoms with Crippen molar-refractivity contribution in [1.82, 2.24) is 15.8 Å². The third-order valence-corrected chi connectivity index (χ3v) is 5.15. The number of hydrazine groups is 1. The van der Waals surface area contributed by atoms with Crippen molar-refractivity contribution in [1.29, 1.82) is 0 Å². The quantitative estimate of drug-likeness (QED) is 0.678. The lowest BCUT2D eigenvalue weighted by atomic mass is 9.69. The van der Waals surface area contributed by atoms with Crippen LogP contribution in [-0.4, -0.2) is 27.9 Å². The summed E-state index contributed by atoms with van der Waals surface area (Å²) in [4.78, 5) is 39.3. The molecule has 1 aromatic rings. The number of aryl methyl sites for hydroxylation is 1. The summed E-state index contributed by atoms with van der Waals surface area (Å²) >= 11 is 1.47.